The van der Waals surface area contributed by atoms with Crippen molar-refractivity contribution in [1.82, 2.24) is 4.57 Å². The monoisotopic (exact) mass is 449 g/mol. The van der Waals surface area contributed by atoms with Crippen LogP contribution in [-0.2, 0) is 0 Å². The van der Waals surface area contributed by atoms with E-state index >= 15 is 0 Å². The van der Waals surface area contributed by atoms with Crippen molar-refractivity contribution in [2.45, 2.75) is 0 Å². The molecular weight excluding hydrogens is 430 g/mol. The lowest BCUT2D eigenvalue weighted by molar-refractivity contribution is 1.19. The summed E-state index contributed by atoms with van der Waals surface area (Å²) in [5.74, 6) is 0. The molecule has 2 aromatic heterocycles. The number of rotatable bonds is 1. The fourth-order valence-electron chi connectivity index (χ4n) is 5.71. The van der Waals surface area contributed by atoms with E-state index in [2.05, 4.69) is 120 Å². The molecule has 8 rings (SSSR count). The van der Waals surface area contributed by atoms with Crippen LogP contribution in [0.25, 0.3) is 69.2 Å². The van der Waals surface area contributed by atoms with Crippen LogP contribution in [0.4, 0.5) is 0 Å². The molecule has 0 saturated heterocycles. The molecule has 0 bridgehead atoms. The zero-order valence-electron chi connectivity index (χ0n) is 18.3. The van der Waals surface area contributed by atoms with Crippen LogP contribution in [0.15, 0.2) is 115 Å². The van der Waals surface area contributed by atoms with Gasteiger partial charge in [-0.2, -0.15) is 0 Å². The van der Waals surface area contributed by atoms with Gasteiger partial charge in [0.15, 0.2) is 0 Å². The molecule has 0 aliphatic rings. The molecule has 0 fully saturated rings. The Labute approximate surface area is 200 Å². The van der Waals surface area contributed by atoms with Gasteiger partial charge < -0.3 is 4.57 Å². The number of nitrogens with zero attached hydrogens (tertiary/aromatic N) is 1. The Balaban J connectivity index is 1.68. The van der Waals surface area contributed by atoms with Gasteiger partial charge in [-0.3, -0.25) is 0 Å². The maximum Gasteiger partial charge on any atom is 0.0634 e. The fourth-order valence-corrected chi connectivity index (χ4v) is 6.98. The van der Waals surface area contributed by atoms with E-state index in [9.17, 15) is 0 Å². The van der Waals surface area contributed by atoms with Crippen molar-refractivity contribution >= 4 is 74.9 Å². The minimum absolute atomic E-state index is 1.20. The zero-order valence-corrected chi connectivity index (χ0v) is 19.1. The van der Waals surface area contributed by atoms with Gasteiger partial charge in [0.1, 0.15) is 0 Å². The van der Waals surface area contributed by atoms with Crippen LogP contribution in [0.3, 0.4) is 0 Å². The normalized spacial score (nSPS) is 12.1. The van der Waals surface area contributed by atoms with Crippen molar-refractivity contribution in [3.05, 3.63) is 115 Å². The number of fused-ring (bicyclic) bond motifs is 11. The number of para-hydroxylation sites is 1. The number of benzene rings is 6. The molecular formula is C32H19NS. The summed E-state index contributed by atoms with van der Waals surface area (Å²) in [6, 6.07) is 42.1. The predicted molar refractivity (Wildman–Crippen MR) is 149 cm³/mol. The summed E-state index contributed by atoms with van der Waals surface area (Å²) < 4.78 is 5.20. The van der Waals surface area contributed by atoms with Crippen LogP contribution in [-0.4, -0.2) is 4.57 Å². The number of thiophene rings is 1. The maximum absolute atomic E-state index is 2.48. The Morgan fingerprint density at radius 1 is 0.500 bits per heavy atom. The Morgan fingerprint density at radius 3 is 2.06 bits per heavy atom. The van der Waals surface area contributed by atoms with Crippen molar-refractivity contribution in [3.8, 4) is 5.69 Å². The first-order chi connectivity index (χ1) is 16.9. The summed E-state index contributed by atoms with van der Waals surface area (Å²) in [5.41, 5.74) is 3.75. The number of hydrogen-bond acceptors (Lipinski definition) is 1. The van der Waals surface area contributed by atoms with E-state index < -0.39 is 0 Å². The Hall–Kier alpha value is -4.14. The summed E-state index contributed by atoms with van der Waals surface area (Å²) in [6.07, 6.45) is 0. The molecule has 0 aliphatic carbocycles. The SMILES string of the molecule is c1ccc2cc(-n3c4ccccc4c4c5sc6ccccc6c5c5ccccc5c43)ccc2c1. The van der Waals surface area contributed by atoms with E-state index in [1.165, 1.54) is 69.2 Å². The summed E-state index contributed by atoms with van der Waals surface area (Å²) in [4.78, 5) is 0. The van der Waals surface area contributed by atoms with Crippen molar-refractivity contribution in [2.75, 3.05) is 0 Å². The highest BCUT2D eigenvalue weighted by atomic mass is 32.1. The molecule has 8 aromatic rings. The fraction of sp³-hybridized carbons (Fsp3) is 0. The molecule has 2 heteroatoms. The first kappa shape index (κ1) is 18.3. The lowest BCUT2D eigenvalue weighted by Gasteiger charge is -2.12. The van der Waals surface area contributed by atoms with Crippen LogP contribution >= 0.6 is 11.3 Å². The van der Waals surface area contributed by atoms with Crippen LogP contribution in [0, 0.1) is 0 Å². The van der Waals surface area contributed by atoms with Gasteiger partial charge in [0.05, 0.1) is 11.0 Å². The van der Waals surface area contributed by atoms with Crippen molar-refractivity contribution in [1.29, 1.82) is 0 Å². The largest absolute Gasteiger partial charge is 0.309 e. The summed E-state index contributed by atoms with van der Waals surface area (Å²) in [5, 5.41) is 10.6. The Kier molecular flexibility index (Phi) is 3.60. The molecule has 2 heterocycles. The molecule has 0 amide bonds. The standard InChI is InChI=1S/C32H19NS/c1-2-10-21-19-22(18-17-20(21)9-1)33-27-15-7-5-13-25(27)30-31(33)24-12-4-3-11-23(24)29-26-14-6-8-16-28(26)34-32(29)30/h1-19H. The van der Waals surface area contributed by atoms with Gasteiger partial charge in [-0.05, 0) is 40.4 Å². The molecule has 34 heavy (non-hydrogen) atoms. The molecule has 1 nitrogen and oxygen atoms in total. The highest BCUT2D eigenvalue weighted by Gasteiger charge is 2.21. The molecule has 0 saturated carbocycles. The minimum Gasteiger partial charge on any atom is -0.309 e. The lowest BCUT2D eigenvalue weighted by Crippen LogP contribution is -1.94. The van der Waals surface area contributed by atoms with E-state index in [-0.39, 0.29) is 0 Å². The smallest absolute Gasteiger partial charge is 0.0634 e. The predicted octanol–water partition coefficient (Wildman–Crippen LogP) is 9.46. The molecule has 0 N–H and O–H groups in total. The van der Waals surface area contributed by atoms with Crippen molar-refractivity contribution in [3.63, 3.8) is 0 Å². The van der Waals surface area contributed by atoms with Crippen molar-refractivity contribution in [2.24, 2.45) is 0 Å². The average molecular weight is 450 g/mol. The highest BCUT2D eigenvalue weighted by molar-refractivity contribution is 7.27. The second-order valence-electron chi connectivity index (χ2n) is 8.96. The molecule has 0 aliphatic heterocycles. The minimum atomic E-state index is 1.20. The molecule has 6 aromatic carbocycles. The zero-order chi connectivity index (χ0) is 22.2. The summed E-state index contributed by atoms with van der Waals surface area (Å²) >= 11 is 1.92. The van der Waals surface area contributed by atoms with Gasteiger partial charge in [0.25, 0.3) is 0 Å². The van der Waals surface area contributed by atoms with Crippen LogP contribution in [0.5, 0.6) is 0 Å². The van der Waals surface area contributed by atoms with Gasteiger partial charge in [-0.25, -0.2) is 0 Å². The van der Waals surface area contributed by atoms with Gasteiger partial charge in [-0.15, -0.1) is 11.3 Å². The Morgan fingerprint density at radius 2 is 1.18 bits per heavy atom. The lowest BCUT2D eigenvalue weighted by atomic mass is 9.99. The van der Waals surface area contributed by atoms with Crippen molar-refractivity contribution < 1.29 is 0 Å². The molecule has 158 valence electrons. The maximum atomic E-state index is 2.48. The van der Waals surface area contributed by atoms with Gasteiger partial charge in [0, 0.05) is 42.0 Å². The third-order valence-corrected chi connectivity index (χ3v) is 8.33. The number of hydrogen-bond donors (Lipinski definition) is 0. The molecule has 0 atom stereocenters. The first-order valence-electron chi connectivity index (χ1n) is 11.6. The van der Waals surface area contributed by atoms with E-state index in [0.717, 1.165) is 0 Å². The third-order valence-electron chi connectivity index (χ3n) is 7.14. The number of aromatic nitrogens is 1. The van der Waals surface area contributed by atoms with Crippen LogP contribution in [0.1, 0.15) is 0 Å². The molecule has 0 spiro atoms. The van der Waals surface area contributed by atoms with E-state index in [1.807, 2.05) is 11.3 Å². The van der Waals surface area contributed by atoms with Crippen LogP contribution in [0.2, 0.25) is 0 Å². The van der Waals surface area contributed by atoms with E-state index in [4.69, 9.17) is 0 Å². The quantitative estimate of drug-likeness (QED) is 0.235. The molecule has 0 unspecified atom stereocenters. The topological polar surface area (TPSA) is 4.93 Å². The summed E-state index contributed by atoms with van der Waals surface area (Å²) in [6.45, 7) is 0. The molecule has 0 radical (unpaired) electrons. The second kappa shape index (κ2) is 6.69. The second-order valence-corrected chi connectivity index (χ2v) is 10.0. The summed E-state index contributed by atoms with van der Waals surface area (Å²) in [7, 11) is 0. The van der Waals surface area contributed by atoms with Crippen LogP contribution < -0.4 is 0 Å². The third kappa shape index (κ3) is 2.33. The Bertz CT molecular complexity index is 2070. The average Bonchev–Trinajstić information content (AvgIpc) is 3.45. The van der Waals surface area contributed by atoms with Gasteiger partial charge >= 0.3 is 0 Å². The van der Waals surface area contributed by atoms with E-state index in [0.29, 0.717) is 0 Å². The van der Waals surface area contributed by atoms with E-state index in [1.54, 1.807) is 0 Å². The van der Waals surface area contributed by atoms with Gasteiger partial charge in [0.2, 0.25) is 0 Å². The first-order valence-corrected chi connectivity index (χ1v) is 12.4. The van der Waals surface area contributed by atoms with Gasteiger partial charge in [-0.1, -0.05) is 91.0 Å². The highest BCUT2D eigenvalue weighted by Crippen LogP contribution is 2.47.